The van der Waals surface area contributed by atoms with E-state index in [0.717, 1.165) is 0 Å². The Hall–Kier alpha value is -1.37. The second kappa shape index (κ2) is 5.95. The van der Waals surface area contributed by atoms with E-state index in [1.165, 1.54) is 0 Å². The standard InChI is InChI=1S/C13H22FNO5/c1-5-19-10(17)13(6-8(14)9(16)7-13)15-11(18)20-12(2,3)4/h8-9,16H,5-7H2,1-4H3,(H,15,18)/t8-,9-,13+/m0/s1. The molecule has 0 spiro atoms. The van der Waals surface area contributed by atoms with E-state index in [9.17, 15) is 19.1 Å². The number of esters is 1. The molecule has 116 valence electrons. The lowest BCUT2D eigenvalue weighted by molar-refractivity contribution is -0.151. The monoisotopic (exact) mass is 291 g/mol. The quantitative estimate of drug-likeness (QED) is 0.766. The summed E-state index contributed by atoms with van der Waals surface area (Å²) in [5.41, 5.74) is -2.32. The number of halogens is 1. The second-order valence-corrected chi connectivity index (χ2v) is 5.92. The van der Waals surface area contributed by atoms with Crippen LogP contribution in [-0.2, 0) is 14.3 Å². The molecule has 0 radical (unpaired) electrons. The van der Waals surface area contributed by atoms with E-state index in [2.05, 4.69) is 5.32 Å². The molecule has 1 fully saturated rings. The van der Waals surface area contributed by atoms with Crippen LogP contribution < -0.4 is 5.32 Å². The molecule has 0 bridgehead atoms. The lowest BCUT2D eigenvalue weighted by Gasteiger charge is -2.29. The number of amides is 1. The highest BCUT2D eigenvalue weighted by molar-refractivity contribution is 5.86. The van der Waals surface area contributed by atoms with Gasteiger partial charge in [-0.05, 0) is 27.7 Å². The van der Waals surface area contributed by atoms with Crippen molar-refractivity contribution in [3.63, 3.8) is 0 Å². The van der Waals surface area contributed by atoms with Gasteiger partial charge in [0, 0.05) is 12.8 Å². The number of aliphatic hydroxyl groups excluding tert-OH is 1. The Bertz CT molecular complexity index is 369. The summed E-state index contributed by atoms with van der Waals surface area (Å²) in [6, 6.07) is 0. The van der Waals surface area contributed by atoms with Gasteiger partial charge < -0.3 is 19.9 Å². The highest BCUT2D eigenvalue weighted by Crippen LogP contribution is 2.34. The summed E-state index contributed by atoms with van der Waals surface area (Å²) in [4.78, 5) is 23.8. The van der Waals surface area contributed by atoms with Gasteiger partial charge >= 0.3 is 12.1 Å². The summed E-state index contributed by atoms with van der Waals surface area (Å²) < 4.78 is 23.5. The maximum absolute atomic E-state index is 13.6. The fourth-order valence-corrected chi connectivity index (χ4v) is 2.13. The summed E-state index contributed by atoms with van der Waals surface area (Å²) in [6.07, 6.45) is -4.30. The Morgan fingerprint density at radius 1 is 1.40 bits per heavy atom. The van der Waals surface area contributed by atoms with Crippen LogP contribution in [0, 0.1) is 0 Å². The molecule has 7 heteroatoms. The molecule has 0 aromatic rings. The third kappa shape index (κ3) is 4.06. The number of hydrogen-bond donors (Lipinski definition) is 2. The first-order chi connectivity index (χ1) is 9.09. The number of alkyl halides is 1. The van der Waals surface area contributed by atoms with Crippen LogP contribution in [0.25, 0.3) is 0 Å². The lowest BCUT2D eigenvalue weighted by atomic mass is 9.98. The Morgan fingerprint density at radius 2 is 2.00 bits per heavy atom. The van der Waals surface area contributed by atoms with Crippen molar-refractivity contribution in [3.8, 4) is 0 Å². The summed E-state index contributed by atoms with van der Waals surface area (Å²) >= 11 is 0. The number of aliphatic hydroxyl groups is 1. The number of nitrogens with one attached hydrogen (secondary N) is 1. The van der Waals surface area contributed by atoms with Crippen molar-refractivity contribution in [1.82, 2.24) is 5.32 Å². The van der Waals surface area contributed by atoms with Crippen molar-refractivity contribution in [2.75, 3.05) is 6.61 Å². The van der Waals surface area contributed by atoms with E-state index < -0.39 is 35.5 Å². The zero-order valence-electron chi connectivity index (χ0n) is 12.2. The minimum atomic E-state index is -1.59. The first-order valence-corrected chi connectivity index (χ1v) is 6.60. The smallest absolute Gasteiger partial charge is 0.408 e. The van der Waals surface area contributed by atoms with Gasteiger partial charge in [-0.25, -0.2) is 14.0 Å². The van der Waals surface area contributed by atoms with Gasteiger partial charge in [0.1, 0.15) is 17.3 Å². The first-order valence-electron chi connectivity index (χ1n) is 6.60. The summed E-state index contributed by atoms with van der Waals surface area (Å²) in [5, 5.41) is 11.9. The fourth-order valence-electron chi connectivity index (χ4n) is 2.13. The molecule has 20 heavy (non-hydrogen) atoms. The Kier molecular flexibility index (Phi) is 4.96. The van der Waals surface area contributed by atoms with E-state index in [1.807, 2.05) is 0 Å². The molecule has 0 unspecified atom stereocenters. The minimum Gasteiger partial charge on any atom is -0.464 e. The summed E-state index contributed by atoms with van der Waals surface area (Å²) in [5.74, 6) is -0.759. The van der Waals surface area contributed by atoms with Crippen LogP contribution in [0.3, 0.4) is 0 Å². The number of carbonyl (C=O) groups is 2. The lowest BCUT2D eigenvalue weighted by Crippen LogP contribution is -2.55. The van der Waals surface area contributed by atoms with Crippen molar-refractivity contribution in [1.29, 1.82) is 0 Å². The summed E-state index contributed by atoms with van der Waals surface area (Å²) in [7, 11) is 0. The second-order valence-electron chi connectivity index (χ2n) is 5.92. The Balaban J connectivity index is 2.85. The van der Waals surface area contributed by atoms with Gasteiger partial charge in [-0.3, -0.25) is 0 Å². The number of hydrogen-bond acceptors (Lipinski definition) is 5. The number of rotatable bonds is 3. The van der Waals surface area contributed by atoms with Crippen LogP contribution in [0.2, 0.25) is 0 Å². The van der Waals surface area contributed by atoms with Gasteiger partial charge in [0.2, 0.25) is 0 Å². The van der Waals surface area contributed by atoms with Crippen molar-refractivity contribution >= 4 is 12.1 Å². The number of carbonyl (C=O) groups excluding carboxylic acids is 2. The van der Waals surface area contributed by atoms with Crippen molar-refractivity contribution in [2.45, 2.75) is 64.0 Å². The first kappa shape index (κ1) is 16.7. The van der Waals surface area contributed by atoms with Crippen LogP contribution in [0.4, 0.5) is 9.18 Å². The molecule has 1 saturated carbocycles. The van der Waals surface area contributed by atoms with Gasteiger partial charge in [-0.15, -0.1) is 0 Å². The average Bonchev–Trinajstić information content (AvgIpc) is 2.52. The molecule has 1 aliphatic carbocycles. The Labute approximate surface area is 117 Å². The summed E-state index contributed by atoms with van der Waals surface area (Å²) in [6.45, 7) is 6.72. The molecule has 0 aliphatic heterocycles. The molecule has 2 N–H and O–H groups in total. The van der Waals surface area contributed by atoms with Crippen molar-refractivity contribution < 1.29 is 28.6 Å². The third-order valence-corrected chi connectivity index (χ3v) is 2.92. The predicted molar refractivity (Wildman–Crippen MR) is 68.9 cm³/mol. The molecular formula is C13H22FNO5. The zero-order chi connectivity index (χ0) is 15.6. The fraction of sp³-hybridized carbons (Fsp3) is 0.846. The van der Waals surface area contributed by atoms with Crippen molar-refractivity contribution in [2.24, 2.45) is 0 Å². The molecule has 0 heterocycles. The molecule has 0 aromatic carbocycles. The van der Waals surface area contributed by atoms with Crippen LogP contribution in [0.1, 0.15) is 40.5 Å². The molecule has 0 saturated heterocycles. The average molecular weight is 291 g/mol. The predicted octanol–water partition coefficient (Wildman–Crippen LogP) is 1.31. The molecule has 1 amide bonds. The third-order valence-electron chi connectivity index (χ3n) is 2.92. The zero-order valence-corrected chi connectivity index (χ0v) is 12.2. The van der Waals surface area contributed by atoms with Crippen LogP contribution in [0.5, 0.6) is 0 Å². The number of alkyl carbamates (subject to hydrolysis) is 1. The van der Waals surface area contributed by atoms with E-state index in [0.29, 0.717) is 0 Å². The van der Waals surface area contributed by atoms with Gasteiger partial charge in [0.25, 0.3) is 0 Å². The topological polar surface area (TPSA) is 84.9 Å². The van der Waals surface area contributed by atoms with Crippen LogP contribution in [-0.4, -0.2) is 47.2 Å². The van der Waals surface area contributed by atoms with E-state index >= 15 is 0 Å². The highest BCUT2D eigenvalue weighted by atomic mass is 19.1. The SMILES string of the molecule is CCOC(=O)[C@]1(NC(=O)OC(C)(C)C)C[C@H](O)[C@@H](F)C1. The largest absolute Gasteiger partial charge is 0.464 e. The number of ether oxygens (including phenoxy) is 2. The van der Waals surface area contributed by atoms with E-state index in [-0.39, 0.29) is 19.4 Å². The molecule has 6 nitrogen and oxygen atoms in total. The van der Waals surface area contributed by atoms with Crippen LogP contribution in [0.15, 0.2) is 0 Å². The maximum Gasteiger partial charge on any atom is 0.408 e. The van der Waals surface area contributed by atoms with E-state index in [4.69, 9.17) is 9.47 Å². The molecule has 3 atom stereocenters. The molecular weight excluding hydrogens is 269 g/mol. The van der Waals surface area contributed by atoms with Gasteiger partial charge in [-0.1, -0.05) is 0 Å². The van der Waals surface area contributed by atoms with Crippen LogP contribution >= 0.6 is 0 Å². The Morgan fingerprint density at radius 3 is 2.40 bits per heavy atom. The normalized spacial score (nSPS) is 29.9. The van der Waals surface area contributed by atoms with Gasteiger partial charge in [-0.2, -0.15) is 0 Å². The maximum atomic E-state index is 13.6. The molecule has 1 aliphatic rings. The van der Waals surface area contributed by atoms with Gasteiger partial charge in [0.15, 0.2) is 0 Å². The molecule has 0 aromatic heterocycles. The van der Waals surface area contributed by atoms with E-state index in [1.54, 1.807) is 27.7 Å². The van der Waals surface area contributed by atoms with Crippen molar-refractivity contribution in [3.05, 3.63) is 0 Å². The minimum absolute atomic E-state index is 0.101. The molecule has 1 rings (SSSR count). The highest BCUT2D eigenvalue weighted by Gasteiger charge is 2.53. The van der Waals surface area contributed by atoms with Gasteiger partial charge in [0.05, 0.1) is 12.7 Å².